The first-order valence-corrected chi connectivity index (χ1v) is 7.64. The highest BCUT2D eigenvalue weighted by Crippen LogP contribution is 2.31. The molecule has 0 aromatic carbocycles. The Labute approximate surface area is 111 Å². The number of aliphatic hydroxyl groups is 1. The Morgan fingerprint density at radius 3 is 3.00 bits per heavy atom. The zero-order valence-electron chi connectivity index (χ0n) is 10.5. The van der Waals surface area contributed by atoms with E-state index in [1.54, 1.807) is 11.3 Å². The van der Waals surface area contributed by atoms with E-state index in [0.29, 0.717) is 0 Å². The van der Waals surface area contributed by atoms with Crippen molar-refractivity contribution in [3.05, 3.63) is 21.4 Å². The normalized spacial score (nSPS) is 23.2. The number of nitrogens with zero attached hydrogens (tertiary/aromatic N) is 1. The summed E-state index contributed by atoms with van der Waals surface area (Å²) < 4.78 is 0. The van der Waals surface area contributed by atoms with Crippen LogP contribution in [0.25, 0.3) is 0 Å². The van der Waals surface area contributed by atoms with E-state index in [0.717, 1.165) is 37.1 Å². The fourth-order valence-corrected chi connectivity index (χ4v) is 4.24. The van der Waals surface area contributed by atoms with Gasteiger partial charge in [0.1, 0.15) is 0 Å². The van der Waals surface area contributed by atoms with Crippen LogP contribution < -0.4 is 0 Å². The molecule has 18 heavy (non-hydrogen) atoms. The van der Waals surface area contributed by atoms with E-state index >= 15 is 0 Å². The van der Waals surface area contributed by atoms with Crippen LogP contribution in [0.5, 0.6) is 0 Å². The van der Waals surface area contributed by atoms with Crippen molar-refractivity contribution in [2.24, 2.45) is 0 Å². The van der Waals surface area contributed by atoms with Gasteiger partial charge < -0.3 is 10.0 Å². The van der Waals surface area contributed by atoms with E-state index in [1.807, 2.05) is 4.90 Å². The molecule has 3 nitrogen and oxygen atoms in total. The molecule has 1 aliphatic heterocycles. The van der Waals surface area contributed by atoms with E-state index < -0.39 is 0 Å². The minimum absolute atomic E-state index is 0.0385. The second-order valence-corrected chi connectivity index (χ2v) is 6.38. The maximum absolute atomic E-state index is 12.5. The average molecular weight is 265 g/mol. The summed E-state index contributed by atoms with van der Waals surface area (Å²) in [6.07, 6.45) is 6.72. The van der Waals surface area contributed by atoms with Crippen LogP contribution >= 0.6 is 11.3 Å². The molecule has 1 saturated heterocycles. The second-order valence-electron chi connectivity index (χ2n) is 5.24. The largest absolute Gasteiger partial charge is 0.394 e. The Morgan fingerprint density at radius 1 is 1.39 bits per heavy atom. The number of thiophene rings is 1. The molecule has 1 aromatic heterocycles. The second kappa shape index (κ2) is 5.02. The quantitative estimate of drug-likeness (QED) is 0.890. The molecule has 0 saturated carbocycles. The van der Waals surface area contributed by atoms with E-state index in [9.17, 15) is 9.90 Å². The maximum atomic E-state index is 12.5. The number of hydrogen-bond donors (Lipinski definition) is 1. The van der Waals surface area contributed by atoms with Crippen LogP contribution in [-0.2, 0) is 12.8 Å². The summed E-state index contributed by atoms with van der Waals surface area (Å²) >= 11 is 1.67. The molecule has 1 fully saturated rings. The van der Waals surface area contributed by atoms with Crippen LogP contribution in [-0.4, -0.2) is 35.1 Å². The summed E-state index contributed by atoms with van der Waals surface area (Å²) in [6, 6.07) is 2.13. The fourth-order valence-electron chi connectivity index (χ4n) is 3.03. The highest BCUT2D eigenvalue weighted by Gasteiger charge is 2.30. The Kier molecular flexibility index (Phi) is 3.39. The van der Waals surface area contributed by atoms with Crippen LogP contribution in [0.2, 0.25) is 0 Å². The molecule has 1 aliphatic carbocycles. The van der Waals surface area contributed by atoms with Gasteiger partial charge in [-0.05, 0) is 50.2 Å². The molecule has 0 spiro atoms. The highest BCUT2D eigenvalue weighted by atomic mass is 32.1. The molecule has 98 valence electrons. The Morgan fingerprint density at radius 2 is 2.22 bits per heavy atom. The molecule has 1 atom stereocenters. The smallest absolute Gasteiger partial charge is 0.264 e. The molecule has 0 radical (unpaired) electrons. The van der Waals surface area contributed by atoms with Gasteiger partial charge in [0.2, 0.25) is 0 Å². The van der Waals surface area contributed by atoms with Crippen LogP contribution in [0, 0.1) is 0 Å². The monoisotopic (exact) mass is 265 g/mol. The van der Waals surface area contributed by atoms with Crippen molar-refractivity contribution in [2.75, 3.05) is 13.2 Å². The molecule has 1 aromatic rings. The van der Waals surface area contributed by atoms with Crippen molar-refractivity contribution in [1.82, 2.24) is 4.90 Å². The minimum atomic E-state index is 0.0385. The first-order chi connectivity index (χ1) is 8.79. The molecule has 2 aliphatic rings. The van der Waals surface area contributed by atoms with E-state index in [4.69, 9.17) is 0 Å². The first-order valence-electron chi connectivity index (χ1n) is 6.83. The number of rotatable bonds is 2. The minimum Gasteiger partial charge on any atom is -0.394 e. The SMILES string of the molecule is O=C(c1cc2c(s1)CCCC2)N1CCC[C@@H]1CO. The lowest BCUT2D eigenvalue weighted by atomic mass is 9.99. The molecule has 0 bridgehead atoms. The Balaban J connectivity index is 1.81. The molecule has 2 heterocycles. The van der Waals surface area contributed by atoms with Gasteiger partial charge in [-0.1, -0.05) is 0 Å². The summed E-state index contributed by atoms with van der Waals surface area (Å²) in [5, 5.41) is 9.30. The van der Waals surface area contributed by atoms with Crippen LogP contribution in [0.3, 0.4) is 0 Å². The summed E-state index contributed by atoms with van der Waals surface area (Å²) in [6.45, 7) is 0.892. The summed E-state index contributed by atoms with van der Waals surface area (Å²) in [7, 11) is 0. The number of fused-ring (bicyclic) bond motifs is 1. The van der Waals surface area contributed by atoms with Gasteiger partial charge in [0.05, 0.1) is 17.5 Å². The van der Waals surface area contributed by atoms with Crippen molar-refractivity contribution < 1.29 is 9.90 Å². The van der Waals surface area contributed by atoms with E-state index in [2.05, 4.69) is 6.07 Å². The first kappa shape index (κ1) is 12.2. The summed E-state index contributed by atoms with van der Waals surface area (Å²) in [4.78, 5) is 16.6. The number of aliphatic hydroxyl groups excluding tert-OH is 1. The predicted octanol–water partition coefficient (Wildman–Crippen LogP) is 2.22. The number of hydrogen-bond acceptors (Lipinski definition) is 3. The fraction of sp³-hybridized carbons (Fsp3) is 0.643. The van der Waals surface area contributed by atoms with Crippen LogP contribution in [0.1, 0.15) is 45.8 Å². The van der Waals surface area contributed by atoms with Crippen molar-refractivity contribution in [3.8, 4) is 0 Å². The highest BCUT2D eigenvalue weighted by molar-refractivity contribution is 7.14. The standard InChI is InChI=1S/C14H19NO2S/c16-9-11-5-3-7-15(11)14(17)13-8-10-4-1-2-6-12(10)18-13/h8,11,16H,1-7,9H2/t11-/m1/s1. The van der Waals surface area contributed by atoms with Crippen molar-refractivity contribution in [2.45, 2.75) is 44.6 Å². The Bertz CT molecular complexity index is 431. The summed E-state index contributed by atoms with van der Waals surface area (Å²) in [5.74, 6) is 0.131. The predicted molar refractivity (Wildman–Crippen MR) is 72.1 cm³/mol. The van der Waals surface area contributed by atoms with Crippen molar-refractivity contribution >= 4 is 17.2 Å². The number of carbonyl (C=O) groups is 1. The van der Waals surface area contributed by atoms with Gasteiger partial charge in [0.15, 0.2) is 0 Å². The summed E-state index contributed by atoms with van der Waals surface area (Å²) in [5.41, 5.74) is 1.38. The number of likely N-dealkylation sites (tertiary alicyclic amines) is 1. The zero-order chi connectivity index (χ0) is 12.5. The van der Waals surface area contributed by atoms with Gasteiger partial charge >= 0.3 is 0 Å². The number of carbonyl (C=O) groups excluding carboxylic acids is 1. The van der Waals surface area contributed by atoms with E-state index in [-0.39, 0.29) is 18.6 Å². The van der Waals surface area contributed by atoms with Crippen LogP contribution in [0.15, 0.2) is 6.07 Å². The molecule has 3 rings (SSSR count). The molecule has 0 unspecified atom stereocenters. The molecular formula is C14H19NO2S. The Hall–Kier alpha value is -0.870. The van der Waals surface area contributed by atoms with Gasteiger partial charge in [-0.15, -0.1) is 11.3 Å². The van der Waals surface area contributed by atoms with E-state index in [1.165, 1.54) is 23.3 Å². The third-order valence-electron chi connectivity index (χ3n) is 4.06. The third-order valence-corrected chi connectivity index (χ3v) is 5.28. The van der Waals surface area contributed by atoms with Crippen LogP contribution in [0.4, 0.5) is 0 Å². The van der Waals surface area contributed by atoms with Crippen molar-refractivity contribution in [3.63, 3.8) is 0 Å². The van der Waals surface area contributed by atoms with Gasteiger partial charge in [0.25, 0.3) is 5.91 Å². The lowest BCUT2D eigenvalue weighted by Crippen LogP contribution is -2.37. The number of aryl methyl sites for hydroxylation is 2. The topological polar surface area (TPSA) is 40.5 Å². The number of amides is 1. The zero-order valence-corrected chi connectivity index (χ0v) is 11.3. The van der Waals surface area contributed by atoms with Gasteiger partial charge in [-0.3, -0.25) is 4.79 Å². The molecule has 4 heteroatoms. The molecular weight excluding hydrogens is 246 g/mol. The van der Waals surface area contributed by atoms with Crippen molar-refractivity contribution in [1.29, 1.82) is 0 Å². The average Bonchev–Trinajstić information content (AvgIpc) is 3.03. The van der Waals surface area contributed by atoms with Gasteiger partial charge in [-0.2, -0.15) is 0 Å². The lowest BCUT2D eigenvalue weighted by Gasteiger charge is -2.22. The molecule has 1 N–H and O–H groups in total. The maximum Gasteiger partial charge on any atom is 0.264 e. The van der Waals surface area contributed by atoms with Gasteiger partial charge in [-0.25, -0.2) is 0 Å². The lowest BCUT2D eigenvalue weighted by molar-refractivity contribution is 0.0682. The van der Waals surface area contributed by atoms with Gasteiger partial charge in [0, 0.05) is 11.4 Å². The third kappa shape index (κ3) is 2.08. The molecule has 1 amide bonds.